The van der Waals surface area contributed by atoms with E-state index < -0.39 is 0 Å². The molecule has 0 saturated carbocycles. The second-order valence-corrected chi connectivity index (χ2v) is 4.74. The highest BCUT2D eigenvalue weighted by atomic mass is 79.9. The molecule has 3 heteroatoms. The molecule has 0 heterocycles. The van der Waals surface area contributed by atoms with Gasteiger partial charge < -0.3 is 0 Å². The molecule has 1 aromatic carbocycles. The maximum atomic E-state index is 11.2. The van der Waals surface area contributed by atoms with Gasteiger partial charge in [-0.05, 0) is 38.6 Å². The summed E-state index contributed by atoms with van der Waals surface area (Å²) >= 11 is 3.40. The minimum absolute atomic E-state index is 0.0198. The van der Waals surface area contributed by atoms with Gasteiger partial charge >= 0.3 is 0 Å². The first-order valence-electron chi connectivity index (χ1n) is 4.96. The zero-order valence-corrected chi connectivity index (χ0v) is 10.9. The fourth-order valence-corrected chi connectivity index (χ4v) is 1.59. The largest absolute Gasteiger partial charge is 0.298 e. The van der Waals surface area contributed by atoms with E-state index in [4.69, 9.17) is 0 Å². The van der Waals surface area contributed by atoms with Crippen molar-refractivity contribution in [1.29, 1.82) is 0 Å². The van der Waals surface area contributed by atoms with E-state index in [1.165, 1.54) is 5.56 Å². The Morgan fingerprint density at radius 3 is 2.40 bits per heavy atom. The van der Waals surface area contributed by atoms with E-state index in [0.29, 0.717) is 0 Å². The Kier molecular flexibility index (Phi) is 4.48. The Morgan fingerprint density at radius 2 is 1.93 bits per heavy atom. The second kappa shape index (κ2) is 5.42. The fraction of sp³-hybridized carbons (Fsp3) is 0.417. The van der Waals surface area contributed by atoms with Crippen LogP contribution in [0.3, 0.4) is 0 Å². The van der Waals surface area contributed by atoms with Crippen LogP contribution in [-0.4, -0.2) is 23.8 Å². The van der Waals surface area contributed by atoms with Gasteiger partial charge in [-0.3, -0.25) is 9.69 Å². The molecule has 0 aliphatic rings. The normalized spacial score (nSPS) is 12.9. The molecule has 0 N–H and O–H groups in total. The van der Waals surface area contributed by atoms with E-state index in [2.05, 4.69) is 28.1 Å². The van der Waals surface area contributed by atoms with E-state index in [1.807, 2.05) is 31.0 Å². The number of benzene rings is 1. The van der Waals surface area contributed by atoms with Crippen molar-refractivity contribution in [3.8, 4) is 0 Å². The third-order valence-corrected chi connectivity index (χ3v) is 3.12. The van der Waals surface area contributed by atoms with Gasteiger partial charge in [0, 0.05) is 11.0 Å². The summed E-state index contributed by atoms with van der Waals surface area (Å²) < 4.78 is 1.08. The predicted octanol–water partition coefficient (Wildman–Crippen LogP) is 2.86. The molecular weight excluding hydrogens is 254 g/mol. The Bertz CT molecular complexity index is 334. The lowest BCUT2D eigenvalue weighted by molar-refractivity contribution is -0.121. The van der Waals surface area contributed by atoms with Crippen LogP contribution in [-0.2, 0) is 11.3 Å². The molecule has 0 amide bonds. The Balaban J connectivity index is 2.62. The Labute approximate surface area is 99.4 Å². The van der Waals surface area contributed by atoms with Crippen molar-refractivity contribution < 1.29 is 4.79 Å². The summed E-state index contributed by atoms with van der Waals surface area (Å²) in [5.41, 5.74) is 1.22. The molecule has 0 bridgehead atoms. The standard InChI is InChI=1S/C12H16BrNO/c1-9(10(2)15)14(3)8-11-4-6-12(13)7-5-11/h4-7,9H,8H2,1-3H3. The third-order valence-electron chi connectivity index (χ3n) is 2.59. The number of carbonyl (C=O) groups is 1. The molecule has 2 nitrogen and oxygen atoms in total. The van der Waals surface area contributed by atoms with Crippen LogP contribution in [0.4, 0.5) is 0 Å². The highest BCUT2D eigenvalue weighted by Crippen LogP contribution is 2.12. The topological polar surface area (TPSA) is 20.3 Å². The predicted molar refractivity (Wildman–Crippen MR) is 65.8 cm³/mol. The van der Waals surface area contributed by atoms with Gasteiger partial charge in [-0.2, -0.15) is 0 Å². The van der Waals surface area contributed by atoms with E-state index in [-0.39, 0.29) is 11.8 Å². The van der Waals surface area contributed by atoms with Gasteiger partial charge in [0.15, 0.2) is 0 Å². The van der Waals surface area contributed by atoms with E-state index in [1.54, 1.807) is 6.92 Å². The van der Waals surface area contributed by atoms with E-state index in [9.17, 15) is 4.79 Å². The van der Waals surface area contributed by atoms with Crippen molar-refractivity contribution in [3.05, 3.63) is 34.3 Å². The Hall–Kier alpha value is -0.670. The van der Waals surface area contributed by atoms with Gasteiger partial charge in [0.2, 0.25) is 0 Å². The maximum Gasteiger partial charge on any atom is 0.146 e. The molecule has 1 rings (SSSR count). The number of likely N-dealkylation sites (N-methyl/N-ethyl adjacent to an activating group) is 1. The fourth-order valence-electron chi connectivity index (χ4n) is 1.33. The van der Waals surface area contributed by atoms with Crippen LogP contribution in [0.1, 0.15) is 19.4 Å². The third kappa shape index (κ3) is 3.76. The van der Waals surface area contributed by atoms with Gasteiger partial charge in [-0.15, -0.1) is 0 Å². The summed E-state index contributed by atoms with van der Waals surface area (Å²) in [4.78, 5) is 13.2. The van der Waals surface area contributed by atoms with Gasteiger partial charge in [0.1, 0.15) is 5.78 Å². The van der Waals surface area contributed by atoms with Crippen LogP contribution in [0.15, 0.2) is 28.7 Å². The second-order valence-electron chi connectivity index (χ2n) is 3.83. The van der Waals surface area contributed by atoms with Gasteiger partial charge in [-0.1, -0.05) is 28.1 Å². The van der Waals surface area contributed by atoms with Crippen molar-refractivity contribution in [2.24, 2.45) is 0 Å². The van der Waals surface area contributed by atoms with Crippen LogP contribution in [0.2, 0.25) is 0 Å². The van der Waals surface area contributed by atoms with Crippen molar-refractivity contribution in [3.63, 3.8) is 0 Å². The number of rotatable bonds is 4. The number of halogens is 1. The van der Waals surface area contributed by atoms with E-state index in [0.717, 1.165) is 11.0 Å². The van der Waals surface area contributed by atoms with Crippen molar-refractivity contribution in [2.75, 3.05) is 7.05 Å². The number of ketones is 1. The molecular formula is C12H16BrNO. The molecule has 0 aliphatic carbocycles. The molecule has 0 aromatic heterocycles. The first-order chi connectivity index (χ1) is 7.00. The molecule has 0 saturated heterocycles. The van der Waals surface area contributed by atoms with Gasteiger partial charge in [0.05, 0.1) is 6.04 Å². The lowest BCUT2D eigenvalue weighted by Crippen LogP contribution is -2.33. The molecule has 15 heavy (non-hydrogen) atoms. The van der Waals surface area contributed by atoms with Crippen LogP contribution in [0.5, 0.6) is 0 Å². The summed E-state index contributed by atoms with van der Waals surface area (Å²) in [5.74, 6) is 0.203. The van der Waals surface area contributed by atoms with Gasteiger partial charge in [-0.25, -0.2) is 0 Å². The minimum atomic E-state index is -0.0198. The van der Waals surface area contributed by atoms with Crippen molar-refractivity contribution in [1.82, 2.24) is 4.90 Å². The molecule has 0 radical (unpaired) electrons. The monoisotopic (exact) mass is 269 g/mol. The summed E-state index contributed by atoms with van der Waals surface area (Å²) in [6.07, 6.45) is 0. The first kappa shape index (κ1) is 12.4. The smallest absolute Gasteiger partial charge is 0.146 e. The number of Topliss-reactive ketones (excluding diaryl/α,β-unsaturated/α-hetero) is 1. The molecule has 1 aromatic rings. The number of carbonyl (C=O) groups excluding carboxylic acids is 1. The maximum absolute atomic E-state index is 11.2. The molecule has 1 atom stereocenters. The molecule has 1 unspecified atom stereocenters. The summed E-state index contributed by atoms with van der Waals surface area (Å²) in [6.45, 7) is 4.36. The van der Waals surface area contributed by atoms with E-state index >= 15 is 0 Å². The van der Waals surface area contributed by atoms with Crippen molar-refractivity contribution in [2.45, 2.75) is 26.4 Å². The summed E-state index contributed by atoms with van der Waals surface area (Å²) in [6, 6.07) is 8.14. The minimum Gasteiger partial charge on any atom is -0.298 e. The lowest BCUT2D eigenvalue weighted by Gasteiger charge is -2.22. The van der Waals surface area contributed by atoms with Crippen LogP contribution in [0, 0.1) is 0 Å². The van der Waals surface area contributed by atoms with Crippen LogP contribution in [0.25, 0.3) is 0 Å². The number of nitrogens with zero attached hydrogens (tertiary/aromatic N) is 1. The van der Waals surface area contributed by atoms with Crippen molar-refractivity contribution >= 4 is 21.7 Å². The number of hydrogen-bond donors (Lipinski definition) is 0. The Morgan fingerprint density at radius 1 is 1.40 bits per heavy atom. The average molecular weight is 270 g/mol. The molecule has 0 spiro atoms. The SMILES string of the molecule is CC(=O)C(C)N(C)Cc1ccc(Br)cc1. The first-order valence-corrected chi connectivity index (χ1v) is 5.75. The number of hydrogen-bond acceptors (Lipinski definition) is 2. The summed E-state index contributed by atoms with van der Waals surface area (Å²) in [7, 11) is 1.97. The lowest BCUT2D eigenvalue weighted by atomic mass is 10.1. The van der Waals surface area contributed by atoms with Crippen LogP contribution >= 0.6 is 15.9 Å². The van der Waals surface area contributed by atoms with Gasteiger partial charge in [0.25, 0.3) is 0 Å². The molecule has 0 aliphatic heterocycles. The summed E-state index contributed by atoms with van der Waals surface area (Å²) in [5, 5.41) is 0. The zero-order chi connectivity index (χ0) is 11.4. The molecule has 82 valence electrons. The molecule has 0 fully saturated rings. The highest BCUT2D eigenvalue weighted by Gasteiger charge is 2.13. The van der Waals surface area contributed by atoms with Crippen LogP contribution < -0.4 is 0 Å². The zero-order valence-electron chi connectivity index (χ0n) is 9.33. The highest BCUT2D eigenvalue weighted by molar-refractivity contribution is 9.10. The average Bonchev–Trinajstić information content (AvgIpc) is 2.20. The quantitative estimate of drug-likeness (QED) is 0.838.